The second kappa shape index (κ2) is 4.94. The van der Waals surface area contributed by atoms with Gasteiger partial charge in [0, 0.05) is 0 Å². The van der Waals surface area contributed by atoms with E-state index >= 15 is 0 Å². The van der Waals surface area contributed by atoms with Crippen LogP contribution in [-0.4, -0.2) is 5.78 Å². The third-order valence-electron chi connectivity index (χ3n) is 2.39. The van der Waals surface area contributed by atoms with Gasteiger partial charge < -0.3 is 0 Å². The van der Waals surface area contributed by atoms with E-state index in [0.717, 1.165) is 18.2 Å². The van der Waals surface area contributed by atoms with Crippen molar-refractivity contribution in [2.45, 2.75) is 0 Å². The zero-order valence-corrected chi connectivity index (χ0v) is 10.5. The van der Waals surface area contributed by atoms with Crippen LogP contribution in [0.15, 0.2) is 40.9 Å². The van der Waals surface area contributed by atoms with E-state index in [4.69, 9.17) is 0 Å². The number of halogens is 4. The van der Waals surface area contributed by atoms with Crippen molar-refractivity contribution in [2.75, 3.05) is 0 Å². The molecule has 0 amide bonds. The van der Waals surface area contributed by atoms with E-state index in [0.29, 0.717) is 0 Å². The number of benzene rings is 2. The Hall–Kier alpha value is -1.62. The van der Waals surface area contributed by atoms with E-state index in [1.54, 1.807) is 0 Å². The molecule has 0 aliphatic carbocycles. The van der Waals surface area contributed by atoms with Gasteiger partial charge in [-0.1, -0.05) is 12.1 Å². The van der Waals surface area contributed by atoms with Gasteiger partial charge in [-0.25, -0.2) is 13.2 Å². The first-order valence-electron chi connectivity index (χ1n) is 4.95. The molecule has 2 aromatic rings. The van der Waals surface area contributed by atoms with Crippen LogP contribution in [0.2, 0.25) is 0 Å². The number of hydrogen-bond donors (Lipinski definition) is 0. The molecule has 0 N–H and O–H groups in total. The summed E-state index contributed by atoms with van der Waals surface area (Å²) < 4.78 is 40.6. The fourth-order valence-corrected chi connectivity index (χ4v) is 1.85. The third-order valence-corrected chi connectivity index (χ3v) is 3.00. The van der Waals surface area contributed by atoms with E-state index in [1.807, 2.05) is 0 Å². The van der Waals surface area contributed by atoms with Crippen molar-refractivity contribution in [3.63, 3.8) is 0 Å². The minimum atomic E-state index is -1.04. The molecule has 0 aromatic heterocycles. The molecule has 92 valence electrons. The Labute approximate surface area is 109 Å². The van der Waals surface area contributed by atoms with Gasteiger partial charge in [0.2, 0.25) is 5.78 Å². The van der Waals surface area contributed by atoms with Crippen molar-refractivity contribution in [3.05, 3.63) is 69.4 Å². The van der Waals surface area contributed by atoms with E-state index in [1.165, 1.54) is 18.2 Å². The van der Waals surface area contributed by atoms with Gasteiger partial charge in [-0.15, -0.1) is 0 Å². The van der Waals surface area contributed by atoms with Gasteiger partial charge in [0.05, 0.1) is 15.6 Å². The summed E-state index contributed by atoms with van der Waals surface area (Å²) in [4.78, 5) is 11.9. The van der Waals surface area contributed by atoms with Gasteiger partial charge in [0.25, 0.3) is 0 Å². The fourth-order valence-electron chi connectivity index (χ4n) is 1.52. The predicted molar refractivity (Wildman–Crippen MR) is 63.9 cm³/mol. The molecule has 0 bridgehead atoms. The van der Waals surface area contributed by atoms with Crippen LogP contribution >= 0.6 is 15.9 Å². The van der Waals surface area contributed by atoms with Crippen molar-refractivity contribution >= 4 is 21.7 Å². The van der Waals surface area contributed by atoms with E-state index < -0.39 is 28.8 Å². The van der Waals surface area contributed by atoms with Gasteiger partial charge in [-0.05, 0) is 40.2 Å². The molecule has 0 aliphatic rings. The van der Waals surface area contributed by atoms with Crippen LogP contribution in [0.1, 0.15) is 15.9 Å². The highest BCUT2D eigenvalue weighted by molar-refractivity contribution is 9.10. The zero-order valence-electron chi connectivity index (χ0n) is 8.88. The van der Waals surface area contributed by atoms with Gasteiger partial charge in [0.15, 0.2) is 5.82 Å². The Balaban J connectivity index is 2.61. The molecule has 0 fully saturated rings. The summed E-state index contributed by atoms with van der Waals surface area (Å²) in [5.74, 6) is -3.90. The molecule has 0 saturated heterocycles. The zero-order chi connectivity index (χ0) is 13.3. The second-order valence-corrected chi connectivity index (χ2v) is 4.38. The van der Waals surface area contributed by atoms with Crippen LogP contribution < -0.4 is 0 Å². The first-order chi connectivity index (χ1) is 8.52. The average molecular weight is 315 g/mol. The SMILES string of the molecule is O=C(c1ccccc1F)c1c(F)ccc(Br)c1F. The molecule has 18 heavy (non-hydrogen) atoms. The second-order valence-electron chi connectivity index (χ2n) is 3.53. The van der Waals surface area contributed by atoms with Gasteiger partial charge in [-0.2, -0.15) is 0 Å². The van der Waals surface area contributed by atoms with Crippen LogP contribution in [0.25, 0.3) is 0 Å². The lowest BCUT2D eigenvalue weighted by Gasteiger charge is -2.06. The Morgan fingerprint density at radius 2 is 1.61 bits per heavy atom. The monoisotopic (exact) mass is 314 g/mol. The first kappa shape index (κ1) is 12.8. The molecule has 0 radical (unpaired) electrons. The summed E-state index contributed by atoms with van der Waals surface area (Å²) in [6, 6.07) is 7.13. The fraction of sp³-hybridized carbons (Fsp3) is 0. The minimum absolute atomic E-state index is 0.0522. The number of ketones is 1. The first-order valence-corrected chi connectivity index (χ1v) is 5.74. The predicted octanol–water partition coefficient (Wildman–Crippen LogP) is 4.10. The average Bonchev–Trinajstić information content (AvgIpc) is 2.35. The maximum Gasteiger partial charge on any atom is 0.201 e. The lowest BCUT2D eigenvalue weighted by atomic mass is 10.0. The Kier molecular flexibility index (Phi) is 3.52. The largest absolute Gasteiger partial charge is 0.288 e. The number of carbonyl (C=O) groups is 1. The highest BCUT2D eigenvalue weighted by atomic mass is 79.9. The van der Waals surface area contributed by atoms with Crippen molar-refractivity contribution in [3.8, 4) is 0 Å². The third kappa shape index (κ3) is 2.18. The van der Waals surface area contributed by atoms with E-state index in [-0.39, 0.29) is 10.0 Å². The molecule has 0 unspecified atom stereocenters. The van der Waals surface area contributed by atoms with Crippen LogP contribution in [0.5, 0.6) is 0 Å². The summed E-state index contributed by atoms with van der Waals surface area (Å²) in [6.45, 7) is 0. The van der Waals surface area contributed by atoms with Crippen molar-refractivity contribution in [2.24, 2.45) is 0 Å². The van der Waals surface area contributed by atoms with Crippen LogP contribution in [0.3, 0.4) is 0 Å². The molecule has 5 heteroatoms. The molecule has 2 aromatic carbocycles. The van der Waals surface area contributed by atoms with Gasteiger partial charge in [-0.3, -0.25) is 4.79 Å². The van der Waals surface area contributed by atoms with Gasteiger partial charge in [0.1, 0.15) is 11.6 Å². The molecular formula is C13H6BrF3O. The molecule has 0 heterocycles. The normalized spacial score (nSPS) is 10.4. The van der Waals surface area contributed by atoms with Crippen molar-refractivity contribution in [1.82, 2.24) is 0 Å². The smallest absolute Gasteiger partial charge is 0.201 e. The van der Waals surface area contributed by atoms with Crippen LogP contribution in [0, 0.1) is 17.5 Å². The highest BCUT2D eigenvalue weighted by Crippen LogP contribution is 2.24. The molecule has 0 saturated carbocycles. The summed E-state index contributed by atoms with van der Waals surface area (Å²) >= 11 is 2.85. The van der Waals surface area contributed by atoms with Crippen molar-refractivity contribution in [1.29, 1.82) is 0 Å². The standard InChI is InChI=1S/C13H6BrF3O/c14-8-5-6-10(16)11(12(8)17)13(18)7-3-1-2-4-9(7)15/h1-6H. The molecular weight excluding hydrogens is 309 g/mol. The van der Waals surface area contributed by atoms with E-state index in [9.17, 15) is 18.0 Å². The lowest BCUT2D eigenvalue weighted by molar-refractivity contribution is 0.102. The Morgan fingerprint density at radius 1 is 0.944 bits per heavy atom. The molecule has 0 atom stereocenters. The van der Waals surface area contributed by atoms with Crippen LogP contribution in [0.4, 0.5) is 13.2 Å². The number of rotatable bonds is 2. The number of carbonyl (C=O) groups excluding carboxylic acids is 1. The summed E-state index contributed by atoms with van der Waals surface area (Å²) in [5.41, 5.74) is -1.14. The molecule has 1 nitrogen and oxygen atoms in total. The summed E-state index contributed by atoms with van der Waals surface area (Å²) in [7, 11) is 0. The van der Waals surface area contributed by atoms with Crippen LogP contribution in [-0.2, 0) is 0 Å². The lowest BCUT2D eigenvalue weighted by Crippen LogP contribution is -2.09. The van der Waals surface area contributed by atoms with E-state index in [2.05, 4.69) is 15.9 Å². The quantitative estimate of drug-likeness (QED) is 0.602. The summed E-state index contributed by atoms with van der Waals surface area (Å²) in [6.07, 6.45) is 0. The highest BCUT2D eigenvalue weighted by Gasteiger charge is 2.22. The molecule has 0 spiro atoms. The maximum absolute atomic E-state index is 13.7. The van der Waals surface area contributed by atoms with Gasteiger partial charge >= 0.3 is 0 Å². The molecule has 2 rings (SSSR count). The minimum Gasteiger partial charge on any atom is -0.288 e. The van der Waals surface area contributed by atoms with Crippen molar-refractivity contribution < 1.29 is 18.0 Å². The summed E-state index contributed by atoms with van der Waals surface area (Å²) in [5, 5.41) is 0. The Bertz CT molecular complexity index is 626. The number of hydrogen-bond acceptors (Lipinski definition) is 1. The molecule has 0 aliphatic heterocycles. The Morgan fingerprint density at radius 3 is 2.28 bits per heavy atom. The topological polar surface area (TPSA) is 17.1 Å². The maximum atomic E-state index is 13.7.